The Kier molecular flexibility index (Phi) is 39.5. The number of unbranched alkanes of at least 4 members (excludes halogenated alkanes) is 2. The topological polar surface area (TPSA) is 287 Å². The second kappa shape index (κ2) is 44.9. The molecule has 1 aliphatic carbocycles. The molecule has 0 radical (unpaired) electrons. The van der Waals surface area contributed by atoms with Gasteiger partial charge in [-0.25, -0.2) is 4.79 Å². The van der Waals surface area contributed by atoms with Gasteiger partial charge in [-0.2, -0.15) is 0 Å². The highest BCUT2D eigenvalue weighted by Gasteiger charge is 2.44. The number of ether oxygens (including phenoxy) is 6. The third-order valence-electron chi connectivity index (χ3n) is 19.2. The summed E-state index contributed by atoms with van der Waals surface area (Å²) in [5, 5.41) is 22.9. The largest absolute Gasteiger partial charge is 0.442 e. The lowest BCUT2D eigenvalue weighted by atomic mass is 9.78. The van der Waals surface area contributed by atoms with Gasteiger partial charge in [-0.15, -0.1) is 0 Å². The lowest BCUT2D eigenvalue weighted by molar-refractivity contribution is -0.148. The fraction of sp³-hybridized carbons (Fsp3) is 0.767. The van der Waals surface area contributed by atoms with E-state index in [1.807, 2.05) is 85.7 Å². The van der Waals surface area contributed by atoms with Gasteiger partial charge in [0.1, 0.15) is 24.0 Å². The quantitative estimate of drug-likeness (QED) is 0.0302. The molecule has 1 aromatic carbocycles. The Balaban J connectivity index is 1.63. The lowest BCUT2D eigenvalue weighted by Gasteiger charge is -2.41. The molecular weight excluding hydrogens is 1230 g/mol. The number of likely N-dealkylation sites (N-methyl/N-ethyl adjacent to an activating group) is 2. The summed E-state index contributed by atoms with van der Waals surface area (Å²) in [5.41, 5.74) is -0.125. The van der Waals surface area contributed by atoms with Crippen LogP contribution in [0.15, 0.2) is 42.5 Å². The van der Waals surface area contributed by atoms with E-state index in [0.29, 0.717) is 135 Å². The van der Waals surface area contributed by atoms with Crippen molar-refractivity contribution < 1.29 is 76.7 Å². The van der Waals surface area contributed by atoms with Gasteiger partial charge in [-0.1, -0.05) is 112 Å². The molecule has 5 N–H and O–H groups in total. The SMILES string of the molecule is CCCCC(=O)CCCOCCC(=O)NC(CCCCNC(=O)[C@]1(C)CC/C=C/[C@H](OC(=O)N(C)[C@H](C(=O)N[C@H](C(=O)N(C)[C@@H]([C@@H](C)CC)[C@@H](CC(=O)N2CCC[C@H]2[C@H](OC)[C@@H](C)C(=O)N[C@H](C)[C@@H](O)c2ccccc2)OC)C(C)C)C(C)C)CC1)C(=O)CCCOCCOC. The number of nitrogens with zero attached hydrogens (tertiary/aromatic N) is 3. The first kappa shape index (κ1) is 84.4. The van der Waals surface area contributed by atoms with E-state index in [4.69, 9.17) is 28.4 Å². The summed E-state index contributed by atoms with van der Waals surface area (Å²) in [5.74, 6) is -3.45. The maximum absolute atomic E-state index is 14.9. The smallest absolute Gasteiger partial charge is 0.410 e. The van der Waals surface area contributed by atoms with Gasteiger partial charge in [0, 0.05) is 92.8 Å². The van der Waals surface area contributed by atoms with Crippen molar-refractivity contribution in [3.8, 4) is 0 Å². The Hall–Kier alpha value is -5.85. The van der Waals surface area contributed by atoms with Gasteiger partial charge in [0.2, 0.25) is 35.4 Å². The monoisotopic (exact) mass is 1350 g/mol. The van der Waals surface area contributed by atoms with E-state index < -0.39 is 102 Å². The van der Waals surface area contributed by atoms with Crippen LogP contribution in [0.1, 0.15) is 203 Å². The number of aliphatic hydroxyl groups is 1. The van der Waals surface area contributed by atoms with E-state index in [0.717, 1.165) is 12.8 Å². The Labute approximate surface area is 574 Å². The van der Waals surface area contributed by atoms with Gasteiger partial charge in [0.05, 0.1) is 74.6 Å². The first-order valence-corrected chi connectivity index (χ1v) is 35.5. The average Bonchev–Trinajstić information content (AvgIpc) is 1.47. The number of hydrogen-bond donors (Lipinski definition) is 5. The summed E-state index contributed by atoms with van der Waals surface area (Å²) < 4.78 is 34.4. The standard InChI is InChI=1S/C73H123N7O16/c1-16-18-31-55(81)32-27-43-94-45-38-61(83)76-57(59(82)36-28-44-95-47-46-91-13)34-23-25-41-74-71(89)73(10)39-24-22-33-56(37-40-73)96-72(90)79(12)64(50(5)6)69(87)77-63(49(3)4)70(88)78(11)65(51(7)17-2)60(92-14)48-62(84)80-42-26-35-58(80)67(93-15)52(8)68(86)75-53(9)66(85)54-29-20-19-21-30-54/h19-22,29-30,33,49-53,56-58,60,63-67,85H,16-18,23-28,31-32,34-48H2,1-15H3,(H,74,89)(H,75,86)(H,76,83)(H,77,87)/b33-22+/t51-,52+,53+,56-,57?,58-,60+,63-,64-,65-,66+,67+,73+/m0/s1. The zero-order valence-corrected chi connectivity index (χ0v) is 60.9. The molecule has 2 aliphatic rings. The van der Waals surface area contributed by atoms with Crippen molar-refractivity contribution in [3.63, 3.8) is 0 Å². The van der Waals surface area contributed by atoms with Crippen LogP contribution in [0.25, 0.3) is 0 Å². The summed E-state index contributed by atoms with van der Waals surface area (Å²) in [6, 6.07) is 4.68. The number of allylic oxidation sites excluding steroid dienone is 1. The van der Waals surface area contributed by atoms with Crippen LogP contribution < -0.4 is 21.3 Å². The Bertz CT molecular complexity index is 2560. The minimum absolute atomic E-state index is 0.0733. The molecule has 1 unspecified atom stereocenters. The molecule has 3 rings (SSSR count). The summed E-state index contributed by atoms with van der Waals surface area (Å²) >= 11 is 0. The van der Waals surface area contributed by atoms with Crippen LogP contribution in [0.4, 0.5) is 4.79 Å². The van der Waals surface area contributed by atoms with Crippen molar-refractivity contribution in [1.82, 2.24) is 36.0 Å². The maximum Gasteiger partial charge on any atom is 0.410 e. The number of carbonyl (C=O) groups is 9. The van der Waals surface area contributed by atoms with Crippen LogP contribution in [0.5, 0.6) is 0 Å². The second-order valence-corrected chi connectivity index (χ2v) is 27.4. The minimum atomic E-state index is -1.05. The molecule has 0 aromatic heterocycles. The molecule has 23 nitrogen and oxygen atoms in total. The van der Waals surface area contributed by atoms with E-state index >= 15 is 0 Å². The first-order valence-electron chi connectivity index (χ1n) is 35.5. The van der Waals surface area contributed by atoms with E-state index in [9.17, 15) is 48.3 Å². The molecule has 7 amide bonds. The Morgan fingerprint density at radius 3 is 2.04 bits per heavy atom. The fourth-order valence-electron chi connectivity index (χ4n) is 12.9. The highest BCUT2D eigenvalue weighted by molar-refractivity contribution is 5.92. The highest BCUT2D eigenvalue weighted by Crippen LogP contribution is 2.34. The Morgan fingerprint density at radius 1 is 0.729 bits per heavy atom. The van der Waals surface area contributed by atoms with Crippen LogP contribution in [0.2, 0.25) is 0 Å². The number of carbonyl (C=O) groups excluding carboxylic acids is 9. The number of likely N-dealkylation sites (tertiary alicyclic amines) is 1. The molecule has 1 saturated heterocycles. The van der Waals surface area contributed by atoms with Crippen molar-refractivity contribution in [2.75, 3.05) is 81.5 Å². The van der Waals surface area contributed by atoms with Gasteiger partial charge in [0.15, 0.2) is 5.78 Å². The van der Waals surface area contributed by atoms with Crippen LogP contribution in [0, 0.1) is 29.1 Å². The number of Topliss-reactive ketones (excluding diaryl/α,β-unsaturated/α-hetero) is 2. The highest BCUT2D eigenvalue weighted by atomic mass is 16.6. The fourth-order valence-corrected chi connectivity index (χ4v) is 12.9. The van der Waals surface area contributed by atoms with E-state index in [-0.39, 0.29) is 67.0 Å². The second-order valence-electron chi connectivity index (χ2n) is 27.4. The summed E-state index contributed by atoms with van der Waals surface area (Å²) in [6.45, 7) is 21.3. The molecule has 0 saturated carbocycles. The van der Waals surface area contributed by atoms with Crippen molar-refractivity contribution in [1.29, 1.82) is 0 Å². The van der Waals surface area contributed by atoms with Crippen molar-refractivity contribution in [2.24, 2.45) is 29.1 Å². The lowest BCUT2D eigenvalue weighted by Crippen LogP contribution is -2.60. The number of ketones is 2. The number of nitrogens with one attached hydrogen (secondary N) is 4. The molecule has 0 bridgehead atoms. The van der Waals surface area contributed by atoms with E-state index in [2.05, 4.69) is 21.3 Å². The first-order chi connectivity index (χ1) is 45.7. The third kappa shape index (κ3) is 27.8. The predicted octanol–water partition coefficient (Wildman–Crippen LogP) is 8.61. The molecule has 1 aliphatic heterocycles. The third-order valence-corrected chi connectivity index (χ3v) is 19.2. The molecule has 1 fully saturated rings. The molecule has 0 spiro atoms. The van der Waals surface area contributed by atoms with Crippen LogP contribution in [-0.2, 0) is 66.8 Å². The molecule has 1 aromatic rings. The van der Waals surface area contributed by atoms with Gasteiger partial charge >= 0.3 is 6.09 Å². The summed E-state index contributed by atoms with van der Waals surface area (Å²) in [7, 11) is 7.79. The van der Waals surface area contributed by atoms with E-state index in [1.54, 1.807) is 49.9 Å². The normalized spacial score (nSPS) is 20.0. The van der Waals surface area contributed by atoms with E-state index in [1.165, 1.54) is 26.2 Å². The zero-order valence-electron chi connectivity index (χ0n) is 60.9. The van der Waals surface area contributed by atoms with Crippen molar-refractivity contribution in [2.45, 2.75) is 252 Å². The number of amides is 7. The average molecular weight is 1350 g/mol. The Morgan fingerprint density at radius 2 is 1.41 bits per heavy atom. The zero-order chi connectivity index (χ0) is 71.5. The number of hydrogen-bond acceptors (Lipinski definition) is 16. The van der Waals surface area contributed by atoms with Crippen molar-refractivity contribution in [3.05, 3.63) is 48.0 Å². The number of benzene rings is 1. The number of rotatable bonds is 46. The van der Waals surface area contributed by atoms with Crippen LogP contribution >= 0.6 is 0 Å². The predicted molar refractivity (Wildman–Crippen MR) is 369 cm³/mol. The van der Waals surface area contributed by atoms with Gasteiger partial charge in [-0.05, 0) is 113 Å². The maximum atomic E-state index is 14.9. The molecule has 23 heteroatoms. The van der Waals surface area contributed by atoms with Gasteiger partial charge in [-0.3, -0.25) is 43.3 Å². The molecular formula is C73H123N7O16. The van der Waals surface area contributed by atoms with Crippen LogP contribution in [0.3, 0.4) is 0 Å². The molecule has 13 atom stereocenters. The van der Waals surface area contributed by atoms with Crippen LogP contribution in [-0.4, -0.2) is 209 Å². The van der Waals surface area contributed by atoms with Crippen molar-refractivity contribution >= 4 is 53.1 Å². The van der Waals surface area contributed by atoms with Gasteiger partial charge in [0.25, 0.3) is 0 Å². The molecule has 96 heavy (non-hydrogen) atoms. The summed E-state index contributed by atoms with van der Waals surface area (Å²) in [4.78, 5) is 129. The number of aliphatic hydroxyl groups excluding tert-OH is 1. The van der Waals surface area contributed by atoms with Gasteiger partial charge < -0.3 is 64.6 Å². The number of methoxy groups -OCH3 is 3. The summed E-state index contributed by atoms with van der Waals surface area (Å²) in [6.07, 6.45) is 9.35. The molecule has 1 heterocycles. The minimum Gasteiger partial charge on any atom is -0.442 e. The molecule has 546 valence electrons.